The molecule has 2 aromatic heterocycles. The molecule has 0 atom stereocenters. The first-order valence-corrected chi connectivity index (χ1v) is 8.30. The van der Waals surface area contributed by atoms with Gasteiger partial charge in [0, 0.05) is 52.6 Å². The fourth-order valence-corrected chi connectivity index (χ4v) is 3.13. The first-order chi connectivity index (χ1) is 11.2. The Labute approximate surface area is 142 Å². The molecule has 0 unspecified atom stereocenters. The Bertz CT molecular complexity index is 875. The summed E-state index contributed by atoms with van der Waals surface area (Å²) in [5.41, 5.74) is 5.33. The molecule has 1 aliphatic heterocycles. The number of hydrogen-bond donors (Lipinski definition) is 1. The van der Waals surface area contributed by atoms with E-state index < -0.39 is 0 Å². The molecule has 3 aromatic rings. The quantitative estimate of drug-likeness (QED) is 0.747. The second-order valence-corrected chi connectivity index (χ2v) is 6.45. The van der Waals surface area contributed by atoms with Gasteiger partial charge in [0.1, 0.15) is 0 Å². The molecule has 0 spiro atoms. The van der Waals surface area contributed by atoms with Crippen molar-refractivity contribution in [1.29, 1.82) is 0 Å². The number of pyridine rings is 1. The molecule has 1 aliphatic rings. The fourth-order valence-electron chi connectivity index (χ4n) is 2.75. The highest BCUT2D eigenvalue weighted by Gasteiger charge is 2.19. The molecule has 4 rings (SSSR count). The lowest BCUT2D eigenvalue weighted by Gasteiger charge is -2.17. The molecule has 0 fully saturated rings. The molecule has 23 heavy (non-hydrogen) atoms. The molecule has 0 amide bonds. The van der Waals surface area contributed by atoms with Crippen molar-refractivity contribution in [2.45, 2.75) is 19.9 Å². The van der Waals surface area contributed by atoms with Gasteiger partial charge in [0.2, 0.25) is 5.82 Å². The number of aryl methyl sites for hydroxylation is 1. The summed E-state index contributed by atoms with van der Waals surface area (Å²) in [5.74, 6) is 1.13. The molecular formula is C17H15BrN4O. The number of aromatic nitrogens is 3. The maximum absolute atomic E-state index is 5.51. The standard InChI is InChI=1S/C17H15BrN4O/c1-10-2-3-11(8-14(10)18)16-21-17(23-22-16)12-4-7-20-15-5-6-19-9-13(12)15/h2-4,7-8,19H,5-6,9H2,1H3. The van der Waals surface area contributed by atoms with Crippen LogP contribution in [0, 0.1) is 6.92 Å². The van der Waals surface area contributed by atoms with Crippen LogP contribution in [0.4, 0.5) is 0 Å². The highest BCUT2D eigenvalue weighted by molar-refractivity contribution is 9.10. The average molecular weight is 371 g/mol. The summed E-state index contributed by atoms with van der Waals surface area (Å²) in [7, 11) is 0. The second-order valence-electron chi connectivity index (χ2n) is 5.60. The zero-order valence-corrected chi connectivity index (χ0v) is 14.2. The molecule has 3 heterocycles. The Morgan fingerprint density at radius 2 is 2.17 bits per heavy atom. The monoisotopic (exact) mass is 370 g/mol. The van der Waals surface area contributed by atoms with Gasteiger partial charge in [-0.15, -0.1) is 0 Å². The molecule has 0 bridgehead atoms. The van der Waals surface area contributed by atoms with Gasteiger partial charge in [-0.05, 0) is 24.6 Å². The molecule has 1 N–H and O–H groups in total. The minimum absolute atomic E-state index is 0.541. The van der Waals surface area contributed by atoms with Crippen molar-refractivity contribution in [1.82, 2.24) is 20.4 Å². The van der Waals surface area contributed by atoms with E-state index in [1.54, 1.807) is 0 Å². The van der Waals surface area contributed by atoms with Crippen LogP contribution in [0.1, 0.15) is 16.8 Å². The van der Waals surface area contributed by atoms with E-state index in [-0.39, 0.29) is 0 Å². The van der Waals surface area contributed by atoms with Crippen LogP contribution in [-0.2, 0) is 13.0 Å². The zero-order chi connectivity index (χ0) is 15.8. The Morgan fingerprint density at radius 3 is 3.04 bits per heavy atom. The van der Waals surface area contributed by atoms with Gasteiger partial charge in [0.05, 0.1) is 0 Å². The highest BCUT2D eigenvalue weighted by Crippen LogP contribution is 2.29. The van der Waals surface area contributed by atoms with Crippen molar-refractivity contribution in [2.24, 2.45) is 0 Å². The van der Waals surface area contributed by atoms with Crippen molar-refractivity contribution >= 4 is 15.9 Å². The van der Waals surface area contributed by atoms with E-state index in [0.29, 0.717) is 11.7 Å². The van der Waals surface area contributed by atoms with Crippen LogP contribution in [0.15, 0.2) is 39.5 Å². The maximum Gasteiger partial charge on any atom is 0.258 e. The lowest BCUT2D eigenvalue weighted by Crippen LogP contribution is -2.25. The number of nitrogens with zero attached hydrogens (tertiary/aromatic N) is 3. The molecule has 1 aromatic carbocycles. The molecule has 5 nitrogen and oxygen atoms in total. The molecule has 0 radical (unpaired) electrons. The third kappa shape index (κ3) is 2.68. The molecule has 0 saturated carbocycles. The van der Waals surface area contributed by atoms with Crippen LogP contribution in [0.5, 0.6) is 0 Å². The normalized spacial score (nSPS) is 13.8. The summed E-state index contributed by atoms with van der Waals surface area (Å²) >= 11 is 3.54. The minimum Gasteiger partial charge on any atom is -0.334 e. The van der Waals surface area contributed by atoms with E-state index in [9.17, 15) is 0 Å². The van der Waals surface area contributed by atoms with Crippen LogP contribution < -0.4 is 5.32 Å². The van der Waals surface area contributed by atoms with Gasteiger partial charge >= 0.3 is 0 Å². The van der Waals surface area contributed by atoms with Crippen LogP contribution in [0.25, 0.3) is 22.8 Å². The van der Waals surface area contributed by atoms with Crippen molar-refractivity contribution in [3.8, 4) is 22.8 Å². The largest absolute Gasteiger partial charge is 0.334 e. The fraction of sp³-hybridized carbons (Fsp3) is 0.235. The van der Waals surface area contributed by atoms with Gasteiger partial charge in [-0.3, -0.25) is 4.98 Å². The van der Waals surface area contributed by atoms with Gasteiger partial charge < -0.3 is 9.84 Å². The number of benzene rings is 1. The van der Waals surface area contributed by atoms with E-state index in [1.807, 2.05) is 37.4 Å². The lowest BCUT2D eigenvalue weighted by atomic mass is 10.0. The molecule has 0 saturated heterocycles. The lowest BCUT2D eigenvalue weighted by molar-refractivity contribution is 0.431. The van der Waals surface area contributed by atoms with E-state index in [4.69, 9.17) is 4.52 Å². The van der Waals surface area contributed by atoms with Gasteiger partial charge in [-0.25, -0.2) is 0 Å². The zero-order valence-electron chi connectivity index (χ0n) is 12.6. The Hall–Kier alpha value is -2.05. The minimum atomic E-state index is 0.541. The highest BCUT2D eigenvalue weighted by atomic mass is 79.9. The van der Waals surface area contributed by atoms with Gasteiger partial charge in [-0.1, -0.05) is 33.2 Å². The predicted molar refractivity (Wildman–Crippen MR) is 90.8 cm³/mol. The van der Waals surface area contributed by atoms with Crippen molar-refractivity contribution < 1.29 is 4.52 Å². The predicted octanol–water partition coefficient (Wildman–Crippen LogP) is 3.52. The summed E-state index contributed by atoms with van der Waals surface area (Å²) in [4.78, 5) is 9.03. The average Bonchev–Trinajstić information content (AvgIpc) is 3.06. The van der Waals surface area contributed by atoms with Crippen molar-refractivity contribution in [2.75, 3.05) is 6.54 Å². The molecule has 6 heteroatoms. The van der Waals surface area contributed by atoms with Crippen LogP contribution >= 0.6 is 15.9 Å². The van der Waals surface area contributed by atoms with Crippen LogP contribution in [0.2, 0.25) is 0 Å². The number of halogens is 1. The Morgan fingerprint density at radius 1 is 1.26 bits per heavy atom. The molecule has 0 aliphatic carbocycles. The summed E-state index contributed by atoms with van der Waals surface area (Å²) in [6, 6.07) is 7.98. The first kappa shape index (κ1) is 14.5. The van der Waals surface area contributed by atoms with E-state index >= 15 is 0 Å². The van der Waals surface area contributed by atoms with Crippen molar-refractivity contribution in [3.63, 3.8) is 0 Å². The van der Waals surface area contributed by atoms with Gasteiger partial charge in [0.25, 0.3) is 5.89 Å². The third-order valence-electron chi connectivity index (χ3n) is 4.07. The van der Waals surface area contributed by atoms with E-state index in [1.165, 1.54) is 5.56 Å². The molecule has 116 valence electrons. The summed E-state index contributed by atoms with van der Waals surface area (Å²) in [5, 5.41) is 7.50. The second kappa shape index (κ2) is 5.86. The Kier molecular flexibility index (Phi) is 3.71. The smallest absolute Gasteiger partial charge is 0.258 e. The number of rotatable bonds is 2. The van der Waals surface area contributed by atoms with Gasteiger partial charge in [0.15, 0.2) is 0 Å². The maximum atomic E-state index is 5.51. The topological polar surface area (TPSA) is 63.8 Å². The SMILES string of the molecule is Cc1ccc(-c2noc(-c3ccnc4c3CNCC4)n2)cc1Br. The van der Waals surface area contributed by atoms with E-state index in [0.717, 1.165) is 46.4 Å². The van der Waals surface area contributed by atoms with Gasteiger partial charge in [-0.2, -0.15) is 4.98 Å². The van der Waals surface area contributed by atoms with E-state index in [2.05, 4.69) is 36.4 Å². The number of fused-ring (bicyclic) bond motifs is 1. The third-order valence-corrected chi connectivity index (χ3v) is 4.93. The van der Waals surface area contributed by atoms with Crippen LogP contribution in [-0.4, -0.2) is 21.7 Å². The summed E-state index contributed by atoms with van der Waals surface area (Å²) in [6.07, 6.45) is 2.74. The first-order valence-electron chi connectivity index (χ1n) is 7.50. The summed E-state index contributed by atoms with van der Waals surface area (Å²) < 4.78 is 6.54. The number of nitrogens with one attached hydrogen (secondary N) is 1. The summed E-state index contributed by atoms with van der Waals surface area (Å²) in [6.45, 7) is 3.79. The molecular weight excluding hydrogens is 356 g/mol. The van der Waals surface area contributed by atoms with Crippen LogP contribution in [0.3, 0.4) is 0 Å². The van der Waals surface area contributed by atoms with Crippen molar-refractivity contribution in [3.05, 3.63) is 51.8 Å². The number of hydrogen-bond acceptors (Lipinski definition) is 5. The Balaban J connectivity index is 1.75.